The Morgan fingerprint density at radius 1 is 1.45 bits per heavy atom. The first-order valence-electron chi connectivity index (χ1n) is 6.12. The van der Waals surface area contributed by atoms with Crippen molar-refractivity contribution in [2.75, 3.05) is 19.7 Å². The third-order valence-corrected chi connectivity index (χ3v) is 2.78. The van der Waals surface area contributed by atoms with Crippen molar-refractivity contribution < 1.29 is 22.7 Å². The second-order valence-electron chi connectivity index (χ2n) is 4.42. The Hall–Kier alpha value is -1.25. The predicted molar refractivity (Wildman–Crippen MR) is 79.0 cm³/mol. The number of nitrogens with zero attached hydrogens (tertiary/aromatic N) is 1. The number of halogens is 5. The molecule has 2 N–H and O–H groups in total. The summed E-state index contributed by atoms with van der Waals surface area (Å²) in [5.41, 5.74) is 0.00338. The normalized spacial score (nSPS) is 17.1. The minimum absolute atomic E-state index is 0. The number of ether oxygens (including phenoxy) is 1. The van der Waals surface area contributed by atoms with Crippen LogP contribution in [-0.2, 0) is 0 Å². The molecule has 0 saturated carbocycles. The van der Waals surface area contributed by atoms with Crippen LogP contribution in [0.25, 0.3) is 0 Å². The van der Waals surface area contributed by atoms with E-state index in [-0.39, 0.29) is 42.3 Å². The van der Waals surface area contributed by atoms with Crippen molar-refractivity contribution in [3.63, 3.8) is 0 Å². The number of carbonyl (C=O) groups is 1. The molecule has 1 aliphatic rings. The van der Waals surface area contributed by atoms with Gasteiger partial charge in [0.2, 0.25) is 5.88 Å². The summed E-state index contributed by atoms with van der Waals surface area (Å²) in [5, 5.41) is 5.81. The maximum Gasteiger partial charge on any atom is 0.422 e. The fraction of sp³-hybridized carbons (Fsp3) is 0.500. The van der Waals surface area contributed by atoms with Crippen molar-refractivity contribution in [3.05, 3.63) is 23.9 Å². The molecule has 22 heavy (non-hydrogen) atoms. The molecule has 1 fully saturated rings. The van der Waals surface area contributed by atoms with E-state index in [1.165, 1.54) is 18.3 Å². The third-order valence-electron chi connectivity index (χ3n) is 2.78. The van der Waals surface area contributed by atoms with E-state index in [1.54, 1.807) is 0 Å². The van der Waals surface area contributed by atoms with Crippen LogP contribution >= 0.6 is 24.8 Å². The Kier molecular flexibility index (Phi) is 8.50. The first kappa shape index (κ1) is 20.8. The van der Waals surface area contributed by atoms with Gasteiger partial charge in [0.15, 0.2) is 6.61 Å². The fourth-order valence-electron chi connectivity index (χ4n) is 1.87. The van der Waals surface area contributed by atoms with Crippen LogP contribution in [0, 0.1) is 0 Å². The summed E-state index contributed by atoms with van der Waals surface area (Å²) in [5.74, 6) is -0.794. The van der Waals surface area contributed by atoms with Crippen LogP contribution in [0.3, 0.4) is 0 Å². The largest absolute Gasteiger partial charge is 0.467 e. The topological polar surface area (TPSA) is 63.2 Å². The van der Waals surface area contributed by atoms with E-state index in [2.05, 4.69) is 20.4 Å². The molecule has 1 aliphatic heterocycles. The van der Waals surface area contributed by atoms with Crippen molar-refractivity contribution in [2.45, 2.75) is 18.6 Å². The monoisotopic (exact) mass is 361 g/mol. The molecule has 2 rings (SSSR count). The highest BCUT2D eigenvalue weighted by atomic mass is 35.5. The summed E-state index contributed by atoms with van der Waals surface area (Å²) in [4.78, 5) is 15.7. The first-order valence-corrected chi connectivity index (χ1v) is 6.12. The molecule has 1 atom stereocenters. The number of hydrogen-bond acceptors (Lipinski definition) is 4. The minimum Gasteiger partial charge on any atom is -0.467 e. The van der Waals surface area contributed by atoms with Crippen molar-refractivity contribution in [1.82, 2.24) is 15.6 Å². The van der Waals surface area contributed by atoms with Crippen molar-refractivity contribution in [3.8, 4) is 5.88 Å². The zero-order chi connectivity index (χ0) is 14.6. The van der Waals surface area contributed by atoms with Crippen LogP contribution in [0.4, 0.5) is 13.2 Å². The molecule has 0 spiro atoms. The molecule has 1 aromatic rings. The lowest BCUT2D eigenvalue weighted by atomic mass is 10.2. The maximum atomic E-state index is 12.1. The number of aromatic nitrogens is 1. The highest BCUT2D eigenvalue weighted by molar-refractivity contribution is 5.96. The Balaban J connectivity index is 0.00000220. The molecule has 10 heteroatoms. The molecular weight excluding hydrogens is 346 g/mol. The van der Waals surface area contributed by atoms with Gasteiger partial charge in [0.05, 0.1) is 0 Å². The van der Waals surface area contributed by atoms with Gasteiger partial charge in [-0.1, -0.05) is 0 Å². The van der Waals surface area contributed by atoms with E-state index >= 15 is 0 Å². The van der Waals surface area contributed by atoms with Gasteiger partial charge in [-0.15, -0.1) is 24.8 Å². The van der Waals surface area contributed by atoms with Crippen LogP contribution in [0.5, 0.6) is 5.88 Å². The van der Waals surface area contributed by atoms with Gasteiger partial charge >= 0.3 is 6.18 Å². The number of alkyl halides is 3. The molecule has 1 unspecified atom stereocenters. The van der Waals surface area contributed by atoms with Crippen LogP contribution in [-0.4, -0.2) is 42.8 Å². The second-order valence-corrected chi connectivity index (χ2v) is 4.42. The van der Waals surface area contributed by atoms with Gasteiger partial charge in [-0.3, -0.25) is 4.79 Å². The van der Waals surface area contributed by atoms with Gasteiger partial charge in [-0.2, -0.15) is 13.2 Å². The predicted octanol–water partition coefficient (Wildman–Crippen LogP) is 1.96. The van der Waals surface area contributed by atoms with Crippen molar-refractivity contribution in [1.29, 1.82) is 0 Å². The number of carbonyl (C=O) groups excluding carboxylic acids is 1. The SMILES string of the molecule is Cl.Cl.O=C(NC1CCNC1)c1cccnc1OCC(F)(F)F. The maximum absolute atomic E-state index is 12.1. The molecule has 0 radical (unpaired) electrons. The van der Waals surface area contributed by atoms with Crippen LogP contribution in [0.1, 0.15) is 16.8 Å². The summed E-state index contributed by atoms with van der Waals surface area (Å²) in [7, 11) is 0. The molecule has 1 amide bonds. The lowest BCUT2D eigenvalue weighted by Gasteiger charge is -2.14. The second kappa shape index (κ2) is 9.02. The fourth-order valence-corrected chi connectivity index (χ4v) is 1.87. The standard InChI is InChI=1S/C12H14F3N3O2.2ClH/c13-12(14,15)7-20-11-9(2-1-4-17-11)10(19)18-8-3-5-16-6-8;;/h1-2,4,8,16H,3,5-7H2,(H,18,19);2*1H. The summed E-state index contributed by atoms with van der Waals surface area (Å²) >= 11 is 0. The smallest absolute Gasteiger partial charge is 0.422 e. The van der Waals surface area contributed by atoms with Gasteiger partial charge in [0.25, 0.3) is 5.91 Å². The highest BCUT2D eigenvalue weighted by Crippen LogP contribution is 2.20. The van der Waals surface area contributed by atoms with Crippen LogP contribution in [0.2, 0.25) is 0 Å². The van der Waals surface area contributed by atoms with Gasteiger partial charge in [0.1, 0.15) is 5.56 Å². The van der Waals surface area contributed by atoms with E-state index in [0.717, 1.165) is 13.0 Å². The molecule has 2 heterocycles. The number of amides is 1. The molecule has 0 aliphatic carbocycles. The van der Waals surface area contributed by atoms with Gasteiger partial charge < -0.3 is 15.4 Å². The summed E-state index contributed by atoms with van der Waals surface area (Å²) in [6.07, 6.45) is -2.41. The van der Waals surface area contributed by atoms with Crippen LogP contribution in [0.15, 0.2) is 18.3 Å². The Morgan fingerprint density at radius 2 is 2.18 bits per heavy atom. The van der Waals surface area contributed by atoms with E-state index < -0.39 is 18.7 Å². The number of pyridine rings is 1. The molecule has 1 saturated heterocycles. The molecule has 126 valence electrons. The molecule has 1 aromatic heterocycles. The summed E-state index contributed by atoms with van der Waals surface area (Å²) in [6, 6.07) is 2.83. The lowest BCUT2D eigenvalue weighted by Crippen LogP contribution is -2.36. The number of rotatable bonds is 4. The highest BCUT2D eigenvalue weighted by Gasteiger charge is 2.30. The van der Waals surface area contributed by atoms with E-state index in [1.807, 2.05) is 0 Å². The summed E-state index contributed by atoms with van der Waals surface area (Å²) < 4.78 is 41.0. The Morgan fingerprint density at radius 3 is 2.77 bits per heavy atom. The van der Waals surface area contributed by atoms with E-state index in [0.29, 0.717) is 6.54 Å². The average Bonchev–Trinajstić information content (AvgIpc) is 2.88. The molecule has 0 bridgehead atoms. The van der Waals surface area contributed by atoms with Gasteiger partial charge in [0, 0.05) is 18.8 Å². The number of hydrogen-bond donors (Lipinski definition) is 2. The minimum atomic E-state index is -4.47. The average molecular weight is 362 g/mol. The molecular formula is C12H16Cl2F3N3O2. The van der Waals surface area contributed by atoms with Crippen LogP contribution < -0.4 is 15.4 Å². The van der Waals surface area contributed by atoms with E-state index in [4.69, 9.17) is 0 Å². The third kappa shape index (κ3) is 6.25. The Bertz CT molecular complexity index is 483. The molecule has 5 nitrogen and oxygen atoms in total. The van der Waals surface area contributed by atoms with Gasteiger partial charge in [-0.05, 0) is 25.1 Å². The van der Waals surface area contributed by atoms with E-state index in [9.17, 15) is 18.0 Å². The van der Waals surface area contributed by atoms with Crippen molar-refractivity contribution in [2.24, 2.45) is 0 Å². The summed E-state index contributed by atoms with van der Waals surface area (Å²) in [6.45, 7) is -0.0323. The van der Waals surface area contributed by atoms with Gasteiger partial charge in [-0.25, -0.2) is 4.98 Å². The first-order chi connectivity index (χ1) is 9.46. The Labute approximate surface area is 137 Å². The lowest BCUT2D eigenvalue weighted by molar-refractivity contribution is -0.154. The van der Waals surface area contributed by atoms with Crippen molar-refractivity contribution >= 4 is 30.7 Å². The number of nitrogens with one attached hydrogen (secondary N) is 2. The molecule has 0 aromatic carbocycles. The quantitative estimate of drug-likeness (QED) is 0.860. The zero-order valence-corrected chi connectivity index (χ0v) is 13.0. The zero-order valence-electron chi connectivity index (χ0n) is 11.4.